The minimum absolute atomic E-state index is 0.266. The zero-order chi connectivity index (χ0) is 20.6. The monoisotopic (exact) mass is 415 g/mol. The Labute approximate surface area is 175 Å². The van der Waals surface area contributed by atoms with E-state index < -0.39 is 0 Å². The van der Waals surface area contributed by atoms with Crippen molar-refractivity contribution in [1.82, 2.24) is 5.32 Å². The van der Waals surface area contributed by atoms with E-state index in [1.165, 1.54) is 12.1 Å². The van der Waals surface area contributed by atoms with Crippen LogP contribution in [-0.2, 0) is 19.7 Å². The van der Waals surface area contributed by atoms with Crippen molar-refractivity contribution in [2.75, 3.05) is 14.2 Å². The highest BCUT2D eigenvalue weighted by Crippen LogP contribution is 2.37. The molecule has 0 bridgehead atoms. The van der Waals surface area contributed by atoms with E-state index in [-0.39, 0.29) is 12.4 Å². The predicted octanol–water partition coefficient (Wildman–Crippen LogP) is 5.37. The summed E-state index contributed by atoms with van der Waals surface area (Å²) in [6, 6.07) is 17.8. The number of hydrogen-bond donors (Lipinski definition) is 1. The molecule has 0 aliphatic heterocycles. The number of rotatable bonds is 9. The summed E-state index contributed by atoms with van der Waals surface area (Å²) in [5.74, 6) is 1.58. The van der Waals surface area contributed by atoms with Gasteiger partial charge in [0.1, 0.15) is 18.2 Å². The van der Waals surface area contributed by atoms with Crippen LogP contribution >= 0.6 is 11.6 Å². The molecule has 4 nitrogen and oxygen atoms in total. The molecule has 0 saturated heterocycles. The third kappa shape index (κ3) is 5.62. The van der Waals surface area contributed by atoms with Crippen molar-refractivity contribution in [2.45, 2.75) is 19.7 Å². The van der Waals surface area contributed by atoms with Crippen LogP contribution in [0.5, 0.6) is 17.2 Å². The first-order valence-electron chi connectivity index (χ1n) is 9.17. The fourth-order valence-electron chi connectivity index (χ4n) is 2.94. The molecule has 0 amide bonds. The van der Waals surface area contributed by atoms with Gasteiger partial charge in [-0.15, -0.1) is 0 Å². The van der Waals surface area contributed by atoms with Gasteiger partial charge in [-0.05, 0) is 41.5 Å². The minimum atomic E-state index is -0.283. The largest absolute Gasteiger partial charge is 0.496 e. The number of methoxy groups -OCH3 is 2. The van der Waals surface area contributed by atoms with Crippen molar-refractivity contribution in [3.05, 3.63) is 88.2 Å². The summed E-state index contributed by atoms with van der Waals surface area (Å²) in [6.07, 6.45) is 0. The van der Waals surface area contributed by atoms with Crippen LogP contribution in [0.1, 0.15) is 16.7 Å². The van der Waals surface area contributed by atoms with Crippen molar-refractivity contribution >= 4 is 11.6 Å². The number of para-hydroxylation sites is 1. The van der Waals surface area contributed by atoms with Gasteiger partial charge in [-0.1, -0.05) is 41.9 Å². The van der Waals surface area contributed by atoms with Crippen molar-refractivity contribution < 1.29 is 18.6 Å². The lowest BCUT2D eigenvalue weighted by Crippen LogP contribution is -2.13. The third-order valence-corrected chi connectivity index (χ3v) is 4.70. The van der Waals surface area contributed by atoms with E-state index >= 15 is 0 Å². The Morgan fingerprint density at radius 3 is 2.31 bits per heavy atom. The average molecular weight is 416 g/mol. The SMILES string of the molecule is COc1ccccc1CNCc1cc(Cl)c(OCc2ccc(F)cc2)c(OC)c1. The average Bonchev–Trinajstić information content (AvgIpc) is 2.74. The molecule has 0 unspecified atom stereocenters. The van der Waals surface area contributed by atoms with Gasteiger partial charge < -0.3 is 19.5 Å². The molecule has 0 aromatic heterocycles. The topological polar surface area (TPSA) is 39.7 Å². The van der Waals surface area contributed by atoms with Gasteiger partial charge in [0.25, 0.3) is 0 Å². The van der Waals surface area contributed by atoms with Gasteiger partial charge >= 0.3 is 0 Å². The van der Waals surface area contributed by atoms with Crippen LogP contribution in [0, 0.1) is 5.82 Å². The first kappa shape index (κ1) is 21.0. The van der Waals surface area contributed by atoms with E-state index in [4.69, 9.17) is 25.8 Å². The van der Waals surface area contributed by atoms with Crippen LogP contribution in [-0.4, -0.2) is 14.2 Å². The van der Waals surface area contributed by atoms with E-state index in [1.54, 1.807) is 26.4 Å². The van der Waals surface area contributed by atoms with Crippen LogP contribution in [0.3, 0.4) is 0 Å². The Morgan fingerprint density at radius 2 is 1.59 bits per heavy atom. The van der Waals surface area contributed by atoms with Gasteiger partial charge in [0, 0.05) is 18.7 Å². The summed E-state index contributed by atoms with van der Waals surface area (Å²) in [4.78, 5) is 0. The maximum Gasteiger partial charge on any atom is 0.180 e. The Balaban J connectivity index is 1.65. The van der Waals surface area contributed by atoms with Crippen molar-refractivity contribution in [3.8, 4) is 17.2 Å². The maximum atomic E-state index is 13.0. The van der Waals surface area contributed by atoms with Gasteiger partial charge in [0.2, 0.25) is 0 Å². The van der Waals surface area contributed by atoms with Gasteiger partial charge in [0.05, 0.1) is 19.2 Å². The lowest BCUT2D eigenvalue weighted by molar-refractivity contribution is 0.284. The van der Waals surface area contributed by atoms with Crippen LogP contribution in [0.2, 0.25) is 5.02 Å². The second-order valence-electron chi connectivity index (χ2n) is 6.44. The van der Waals surface area contributed by atoms with E-state index in [0.717, 1.165) is 22.4 Å². The van der Waals surface area contributed by atoms with Crippen LogP contribution in [0.25, 0.3) is 0 Å². The molecule has 3 aromatic carbocycles. The Hall–Kier alpha value is -2.76. The lowest BCUT2D eigenvalue weighted by atomic mass is 10.1. The molecule has 0 radical (unpaired) electrons. The molecular formula is C23H23ClFNO3. The molecule has 152 valence electrons. The minimum Gasteiger partial charge on any atom is -0.496 e. The molecule has 0 atom stereocenters. The van der Waals surface area contributed by atoms with Crippen molar-refractivity contribution in [3.63, 3.8) is 0 Å². The quantitative estimate of drug-likeness (QED) is 0.510. The molecule has 6 heteroatoms. The van der Waals surface area contributed by atoms with Crippen LogP contribution in [0.15, 0.2) is 60.7 Å². The predicted molar refractivity (Wildman–Crippen MR) is 112 cm³/mol. The fourth-order valence-corrected chi connectivity index (χ4v) is 3.23. The molecule has 3 aromatic rings. The molecule has 29 heavy (non-hydrogen) atoms. The summed E-state index contributed by atoms with van der Waals surface area (Å²) in [5.41, 5.74) is 2.88. The first-order valence-corrected chi connectivity index (χ1v) is 9.54. The standard InChI is InChI=1S/C23H23ClFNO3/c1-27-21-6-4-3-5-18(21)14-26-13-17-11-20(24)23(22(12-17)28-2)29-15-16-7-9-19(25)10-8-16/h3-12,26H,13-15H2,1-2H3. The molecule has 0 heterocycles. The van der Waals surface area contributed by atoms with E-state index in [0.29, 0.717) is 29.6 Å². The summed E-state index contributed by atoms with van der Waals surface area (Å²) < 4.78 is 29.7. The van der Waals surface area contributed by atoms with Gasteiger partial charge in [0.15, 0.2) is 11.5 Å². The summed E-state index contributed by atoms with van der Waals surface area (Å²) in [7, 11) is 3.23. The normalized spacial score (nSPS) is 10.6. The Morgan fingerprint density at radius 1 is 0.862 bits per heavy atom. The van der Waals surface area contributed by atoms with Crippen molar-refractivity contribution in [1.29, 1.82) is 0 Å². The zero-order valence-electron chi connectivity index (χ0n) is 16.4. The fraction of sp³-hybridized carbons (Fsp3) is 0.217. The van der Waals surface area contributed by atoms with E-state index in [2.05, 4.69) is 5.32 Å². The Kier molecular flexibility index (Phi) is 7.33. The number of ether oxygens (including phenoxy) is 3. The first-order chi connectivity index (χ1) is 14.1. The Bertz CT molecular complexity index is 947. The molecule has 1 N–H and O–H groups in total. The maximum absolute atomic E-state index is 13.0. The summed E-state index contributed by atoms with van der Waals surface area (Å²) in [5, 5.41) is 3.84. The molecule has 0 aliphatic carbocycles. The highest BCUT2D eigenvalue weighted by atomic mass is 35.5. The molecule has 0 fully saturated rings. The van der Waals surface area contributed by atoms with Gasteiger partial charge in [-0.25, -0.2) is 4.39 Å². The highest BCUT2D eigenvalue weighted by Gasteiger charge is 2.13. The zero-order valence-corrected chi connectivity index (χ0v) is 17.1. The summed E-state index contributed by atoms with van der Waals surface area (Å²) in [6.45, 7) is 1.53. The van der Waals surface area contributed by atoms with Crippen LogP contribution < -0.4 is 19.5 Å². The van der Waals surface area contributed by atoms with Crippen molar-refractivity contribution in [2.24, 2.45) is 0 Å². The van der Waals surface area contributed by atoms with Gasteiger partial charge in [-0.2, -0.15) is 0 Å². The van der Waals surface area contributed by atoms with E-state index in [9.17, 15) is 4.39 Å². The number of halogens is 2. The molecule has 0 spiro atoms. The molecule has 0 saturated carbocycles. The summed E-state index contributed by atoms with van der Waals surface area (Å²) >= 11 is 6.44. The second-order valence-corrected chi connectivity index (χ2v) is 6.85. The number of nitrogens with one attached hydrogen (secondary N) is 1. The molecular weight excluding hydrogens is 393 g/mol. The second kappa shape index (κ2) is 10.1. The third-order valence-electron chi connectivity index (χ3n) is 4.42. The number of benzene rings is 3. The highest BCUT2D eigenvalue weighted by molar-refractivity contribution is 6.32. The lowest BCUT2D eigenvalue weighted by Gasteiger charge is -2.15. The molecule has 3 rings (SSSR count). The van der Waals surface area contributed by atoms with Crippen LogP contribution in [0.4, 0.5) is 4.39 Å². The smallest absolute Gasteiger partial charge is 0.180 e. The number of hydrogen-bond acceptors (Lipinski definition) is 4. The van der Waals surface area contributed by atoms with Gasteiger partial charge in [-0.3, -0.25) is 0 Å². The molecule has 0 aliphatic rings. The van der Waals surface area contributed by atoms with E-state index in [1.807, 2.05) is 36.4 Å².